The quantitative estimate of drug-likeness (QED) is 0.752. The molecule has 1 amide bonds. The van der Waals surface area contributed by atoms with Crippen molar-refractivity contribution >= 4 is 5.91 Å². The van der Waals surface area contributed by atoms with Crippen LogP contribution in [0.3, 0.4) is 0 Å². The fourth-order valence-electron chi connectivity index (χ4n) is 2.38. The third kappa shape index (κ3) is 4.60. The molecule has 0 spiro atoms. The standard InChI is InChI=1S/C18H24N2O3/c1-4-23-16-9-7-15(8-10-16)14-20(12-13-22-3)18(21)17-6-5-11-19(17)2/h5-11H,4,12-14H2,1-3H3. The number of aryl methyl sites for hydroxylation is 1. The molecule has 0 aliphatic carbocycles. The second-order valence-electron chi connectivity index (χ2n) is 5.30. The number of hydrogen-bond donors (Lipinski definition) is 0. The van der Waals surface area contributed by atoms with Crippen molar-refractivity contribution < 1.29 is 14.3 Å². The highest BCUT2D eigenvalue weighted by molar-refractivity contribution is 5.92. The zero-order valence-corrected chi connectivity index (χ0v) is 14.0. The Labute approximate surface area is 137 Å². The molecule has 0 atom stereocenters. The van der Waals surface area contributed by atoms with Gasteiger partial charge in [-0.3, -0.25) is 4.79 Å². The molecule has 1 aromatic carbocycles. The number of carbonyl (C=O) groups is 1. The summed E-state index contributed by atoms with van der Waals surface area (Å²) in [5.41, 5.74) is 1.74. The van der Waals surface area contributed by atoms with Crippen molar-refractivity contribution in [1.82, 2.24) is 9.47 Å². The molecular weight excluding hydrogens is 292 g/mol. The van der Waals surface area contributed by atoms with E-state index in [0.717, 1.165) is 11.3 Å². The SMILES string of the molecule is CCOc1ccc(CN(CCOC)C(=O)c2cccn2C)cc1. The van der Waals surface area contributed by atoms with E-state index in [4.69, 9.17) is 9.47 Å². The minimum absolute atomic E-state index is 0.00318. The lowest BCUT2D eigenvalue weighted by Crippen LogP contribution is -2.34. The summed E-state index contributed by atoms with van der Waals surface area (Å²) in [7, 11) is 3.51. The molecule has 0 radical (unpaired) electrons. The van der Waals surface area contributed by atoms with Crippen LogP contribution in [0.1, 0.15) is 23.0 Å². The fraction of sp³-hybridized carbons (Fsp3) is 0.389. The van der Waals surface area contributed by atoms with E-state index in [9.17, 15) is 4.79 Å². The van der Waals surface area contributed by atoms with Crippen LogP contribution in [-0.2, 0) is 18.3 Å². The highest BCUT2D eigenvalue weighted by Gasteiger charge is 2.18. The summed E-state index contributed by atoms with van der Waals surface area (Å²) in [5.74, 6) is 0.844. The molecule has 124 valence electrons. The number of nitrogens with zero attached hydrogens (tertiary/aromatic N) is 2. The molecule has 1 aromatic heterocycles. The summed E-state index contributed by atoms with van der Waals surface area (Å²) in [6.07, 6.45) is 1.87. The number of methoxy groups -OCH3 is 1. The Balaban J connectivity index is 2.11. The first-order valence-electron chi connectivity index (χ1n) is 7.77. The molecule has 0 fully saturated rings. The minimum atomic E-state index is 0.00318. The van der Waals surface area contributed by atoms with Crippen LogP contribution >= 0.6 is 0 Å². The molecule has 0 unspecified atom stereocenters. The number of rotatable bonds is 8. The highest BCUT2D eigenvalue weighted by Crippen LogP contribution is 2.15. The zero-order chi connectivity index (χ0) is 16.7. The average Bonchev–Trinajstić information content (AvgIpc) is 2.98. The number of benzene rings is 1. The van der Waals surface area contributed by atoms with Gasteiger partial charge >= 0.3 is 0 Å². The maximum Gasteiger partial charge on any atom is 0.270 e. The summed E-state index contributed by atoms with van der Waals surface area (Å²) in [5, 5.41) is 0. The third-order valence-corrected chi connectivity index (χ3v) is 3.62. The Bertz CT molecular complexity index is 619. The molecule has 0 aliphatic rings. The molecule has 0 saturated heterocycles. The molecule has 5 heteroatoms. The maximum atomic E-state index is 12.7. The lowest BCUT2D eigenvalue weighted by atomic mass is 10.2. The summed E-state index contributed by atoms with van der Waals surface area (Å²) >= 11 is 0. The first kappa shape index (κ1) is 17.1. The zero-order valence-electron chi connectivity index (χ0n) is 14.0. The van der Waals surface area contributed by atoms with Gasteiger partial charge in [-0.2, -0.15) is 0 Å². The Morgan fingerprint density at radius 2 is 1.96 bits per heavy atom. The third-order valence-electron chi connectivity index (χ3n) is 3.62. The highest BCUT2D eigenvalue weighted by atomic mass is 16.5. The molecule has 0 bridgehead atoms. The predicted octanol–water partition coefficient (Wildman–Crippen LogP) is 2.71. The van der Waals surface area contributed by atoms with E-state index >= 15 is 0 Å². The smallest absolute Gasteiger partial charge is 0.270 e. The van der Waals surface area contributed by atoms with Gasteiger partial charge in [-0.05, 0) is 36.8 Å². The van der Waals surface area contributed by atoms with Crippen LogP contribution in [0, 0.1) is 0 Å². The first-order chi connectivity index (χ1) is 11.2. The van der Waals surface area contributed by atoms with Crippen LogP contribution in [0.4, 0.5) is 0 Å². The van der Waals surface area contributed by atoms with Crippen LogP contribution in [0.5, 0.6) is 5.75 Å². The van der Waals surface area contributed by atoms with E-state index in [2.05, 4.69) is 0 Å². The van der Waals surface area contributed by atoms with E-state index < -0.39 is 0 Å². The first-order valence-corrected chi connectivity index (χ1v) is 7.77. The van der Waals surface area contributed by atoms with Crippen molar-refractivity contribution in [3.63, 3.8) is 0 Å². The van der Waals surface area contributed by atoms with Gasteiger partial charge in [-0.1, -0.05) is 12.1 Å². The molecule has 2 rings (SSSR count). The van der Waals surface area contributed by atoms with E-state index in [-0.39, 0.29) is 5.91 Å². The molecule has 2 aromatic rings. The van der Waals surface area contributed by atoms with E-state index in [1.54, 1.807) is 12.0 Å². The second kappa shape index (κ2) is 8.39. The van der Waals surface area contributed by atoms with Crippen molar-refractivity contribution in [1.29, 1.82) is 0 Å². The number of carbonyl (C=O) groups excluding carboxylic acids is 1. The molecule has 5 nitrogen and oxygen atoms in total. The number of amides is 1. The number of aromatic nitrogens is 1. The number of ether oxygens (including phenoxy) is 2. The van der Waals surface area contributed by atoms with Crippen LogP contribution in [0.25, 0.3) is 0 Å². The Morgan fingerprint density at radius 3 is 2.52 bits per heavy atom. The molecule has 0 saturated carbocycles. The predicted molar refractivity (Wildman–Crippen MR) is 89.6 cm³/mol. The van der Waals surface area contributed by atoms with Crippen molar-refractivity contribution in [2.24, 2.45) is 7.05 Å². The molecule has 0 N–H and O–H groups in total. The van der Waals surface area contributed by atoms with Crippen LogP contribution in [-0.4, -0.2) is 42.2 Å². The van der Waals surface area contributed by atoms with Gasteiger partial charge in [0, 0.05) is 33.4 Å². The van der Waals surface area contributed by atoms with Crippen molar-refractivity contribution in [2.75, 3.05) is 26.9 Å². The van der Waals surface area contributed by atoms with Gasteiger partial charge in [-0.15, -0.1) is 0 Å². The minimum Gasteiger partial charge on any atom is -0.494 e. The molecule has 1 heterocycles. The van der Waals surface area contributed by atoms with Crippen molar-refractivity contribution in [3.05, 3.63) is 53.9 Å². The van der Waals surface area contributed by atoms with Gasteiger partial charge in [-0.25, -0.2) is 0 Å². The van der Waals surface area contributed by atoms with Gasteiger partial charge in [0.15, 0.2) is 0 Å². The summed E-state index contributed by atoms with van der Waals surface area (Å²) in [6, 6.07) is 11.5. The van der Waals surface area contributed by atoms with Crippen LogP contribution < -0.4 is 4.74 Å². The average molecular weight is 316 g/mol. The molecule has 23 heavy (non-hydrogen) atoms. The number of hydrogen-bond acceptors (Lipinski definition) is 3. The van der Waals surface area contributed by atoms with Crippen molar-refractivity contribution in [2.45, 2.75) is 13.5 Å². The fourth-order valence-corrected chi connectivity index (χ4v) is 2.38. The Kier molecular flexibility index (Phi) is 6.23. The maximum absolute atomic E-state index is 12.7. The molecular formula is C18H24N2O3. The Morgan fingerprint density at radius 1 is 1.22 bits per heavy atom. The summed E-state index contributed by atoms with van der Waals surface area (Å²) in [4.78, 5) is 14.5. The van der Waals surface area contributed by atoms with E-state index in [0.29, 0.717) is 32.0 Å². The monoisotopic (exact) mass is 316 g/mol. The van der Waals surface area contributed by atoms with Gasteiger partial charge in [0.05, 0.1) is 13.2 Å². The summed E-state index contributed by atoms with van der Waals surface area (Å²) < 4.78 is 12.4. The summed E-state index contributed by atoms with van der Waals surface area (Å²) in [6.45, 7) is 4.20. The lowest BCUT2D eigenvalue weighted by Gasteiger charge is -2.23. The van der Waals surface area contributed by atoms with Gasteiger partial charge < -0.3 is 18.9 Å². The van der Waals surface area contributed by atoms with Crippen molar-refractivity contribution in [3.8, 4) is 5.75 Å². The second-order valence-corrected chi connectivity index (χ2v) is 5.30. The van der Waals surface area contributed by atoms with Crippen LogP contribution in [0.2, 0.25) is 0 Å². The van der Waals surface area contributed by atoms with Gasteiger partial charge in [0.2, 0.25) is 0 Å². The largest absolute Gasteiger partial charge is 0.494 e. The van der Waals surface area contributed by atoms with Crippen LogP contribution in [0.15, 0.2) is 42.6 Å². The lowest BCUT2D eigenvalue weighted by molar-refractivity contribution is 0.0671. The van der Waals surface area contributed by atoms with Gasteiger partial charge in [0.25, 0.3) is 5.91 Å². The van der Waals surface area contributed by atoms with E-state index in [1.807, 2.05) is 61.1 Å². The van der Waals surface area contributed by atoms with Gasteiger partial charge in [0.1, 0.15) is 11.4 Å². The topological polar surface area (TPSA) is 43.7 Å². The van der Waals surface area contributed by atoms with E-state index in [1.165, 1.54) is 0 Å². The Hall–Kier alpha value is -2.27. The molecule has 0 aliphatic heterocycles. The normalized spacial score (nSPS) is 10.6.